The minimum atomic E-state index is -0.217. The van der Waals surface area contributed by atoms with Crippen molar-refractivity contribution < 1.29 is 9.53 Å². The summed E-state index contributed by atoms with van der Waals surface area (Å²) in [6.45, 7) is 2.59. The van der Waals surface area contributed by atoms with E-state index in [1.807, 2.05) is 61.5 Å². The summed E-state index contributed by atoms with van der Waals surface area (Å²) in [7, 11) is 0. The average molecular weight is 370 g/mol. The van der Waals surface area contributed by atoms with Crippen LogP contribution in [0, 0.1) is 6.92 Å². The fourth-order valence-corrected chi connectivity index (χ4v) is 3.46. The second kappa shape index (κ2) is 6.49. The fraction of sp³-hybridized carbons (Fsp3) is 0.136. The van der Waals surface area contributed by atoms with E-state index in [2.05, 4.69) is 15.4 Å². The number of aromatic nitrogens is 3. The largest absolute Gasteiger partial charge is 0.493 e. The maximum Gasteiger partial charge on any atom is 0.256 e. The summed E-state index contributed by atoms with van der Waals surface area (Å²) in [4.78, 5) is 17.3. The van der Waals surface area contributed by atoms with E-state index in [9.17, 15) is 4.79 Å². The molecule has 1 amide bonds. The van der Waals surface area contributed by atoms with Gasteiger partial charge in [-0.05, 0) is 24.6 Å². The zero-order chi connectivity index (χ0) is 19.1. The van der Waals surface area contributed by atoms with Crippen molar-refractivity contribution >= 4 is 17.4 Å². The highest BCUT2D eigenvalue weighted by atomic mass is 16.5. The standard InChI is InChI=1S/C22H18N4O2/c1-14-11-21-23-20(13-18(26(21)25-14)15-5-3-2-4-6-15)24-22(27)17-8-7-16-9-10-28-19(16)12-17/h2-8,11-13H,9-10H2,1H3,(H,23,24,27). The molecule has 28 heavy (non-hydrogen) atoms. The van der Waals surface area contributed by atoms with Crippen LogP contribution in [-0.4, -0.2) is 27.1 Å². The molecule has 0 atom stereocenters. The van der Waals surface area contributed by atoms with E-state index >= 15 is 0 Å². The number of rotatable bonds is 3. The van der Waals surface area contributed by atoms with Gasteiger partial charge in [-0.2, -0.15) is 5.10 Å². The van der Waals surface area contributed by atoms with Crippen molar-refractivity contribution in [1.29, 1.82) is 0 Å². The molecular weight excluding hydrogens is 352 g/mol. The molecule has 0 bridgehead atoms. The zero-order valence-corrected chi connectivity index (χ0v) is 15.3. The number of nitrogens with zero attached hydrogens (tertiary/aromatic N) is 3. The lowest BCUT2D eigenvalue weighted by Gasteiger charge is -2.10. The number of ether oxygens (including phenoxy) is 1. The van der Waals surface area contributed by atoms with Crippen molar-refractivity contribution in [3.8, 4) is 17.0 Å². The number of hydrogen-bond donors (Lipinski definition) is 1. The molecule has 1 N–H and O–H groups in total. The molecule has 5 rings (SSSR count). The highest BCUT2D eigenvalue weighted by Crippen LogP contribution is 2.27. The van der Waals surface area contributed by atoms with Crippen molar-refractivity contribution in [2.24, 2.45) is 0 Å². The van der Waals surface area contributed by atoms with Gasteiger partial charge in [-0.3, -0.25) is 4.79 Å². The van der Waals surface area contributed by atoms with Gasteiger partial charge in [0, 0.05) is 29.7 Å². The molecule has 3 heterocycles. The first-order chi connectivity index (χ1) is 13.7. The van der Waals surface area contributed by atoms with Gasteiger partial charge < -0.3 is 10.1 Å². The second-order valence-corrected chi connectivity index (χ2v) is 6.82. The summed E-state index contributed by atoms with van der Waals surface area (Å²) >= 11 is 0. The molecule has 4 aromatic rings. The Hall–Kier alpha value is -3.67. The molecule has 1 aliphatic rings. The predicted molar refractivity (Wildman–Crippen MR) is 107 cm³/mol. The number of amides is 1. The van der Waals surface area contributed by atoms with E-state index in [1.54, 1.807) is 10.6 Å². The van der Waals surface area contributed by atoms with Gasteiger partial charge in [0.1, 0.15) is 11.6 Å². The Bertz CT molecular complexity index is 1200. The average Bonchev–Trinajstić information content (AvgIpc) is 3.32. The number of carbonyl (C=O) groups is 1. The Morgan fingerprint density at radius 3 is 2.82 bits per heavy atom. The molecule has 0 aliphatic carbocycles. The summed E-state index contributed by atoms with van der Waals surface area (Å²) < 4.78 is 7.36. The summed E-state index contributed by atoms with van der Waals surface area (Å²) in [5.41, 5.74) is 5.10. The third-order valence-electron chi connectivity index (χ3n) is 4.82. The Kier molecular flexibility index (Phi) is 3.83. The Balaban J connectivity index is 1.53. The van der Waals surface area contributed by atoms with Crippen LogP contribution >= 0.6 is 0 Å². The highest BCUT2D eigenvalue weighted by Gasteiger charge is 2.17. The van der Waals surface area contributed by atoms with Crippen molar-refractivity contribution in [2.75, 3.05) is 11.9 Å². The van der Waals surface area contributed by atoms with Crippen molar-refractivity contribution in [2.45, 2.75) is 13.3 Å². The zero-order valence-electron chi connectivity index (χ0n) is 15.3. The smallest absolute Gasteiger partial charge is 0.256 e. The molecule has 0 radical (unpaired) electrons. The Morgan fingerprint density at radius 2 is 1.96 bits per heavy atom. The maximum atomic E-state index is 12.8. The third kappa shape index (κ3) is 2.89. The van der Waals surface area contributed by atoms with Gasteiger partial charge in [-0.1, -0.05) is 36.4 Å². The van der Waals surface area contributed by atoms with Gasteiger partial charge in [-0.25, -0.2) is 9.50 Å². The summed E-state index contributed by atoms with van der Waals surface area (Å²) in [5, 5.41) is 7.45. The van der Waals surface area contributed by atoms with Gasteiger partial charge in [0.2, 0.25) is 0 Å². The van der Waals surface area contributed by atoms with Crippen LogP contribution in [-0.2, 0) is 6.42 Å². The van der Waals surface area contributed by atoms with Gasteiger partial charge >= 0.3 is 0 Å². The summed E-state index contributed by atoms with van der Waals surface area (Å²) in [6.07, 6.45) is 0.885. The van der Waals surface area contributed by atoms with Crippen LogP contribution in [0.4, 0.5) is 5.82 Å². The lowest BCUT2D eigenvalue weighted by molar-refractivity contribution is 0.102. The lowest BCUT2D eigenvalue weighted by Crippen LogP contribution is -2.14. The molecule has 138 valence electrons. The number of carbonyl (C=O) groups excluding carboxylic acids is 1. The molecule has 0 saturated heterocycles. The first kappa shape index (κ1) is 16.5. The number of hydrogen-bond acceptors (Lipinski definition) is 4. The summed E-state index contributed by atoms with van der Waals surface area (Å²) in [6, 6.07) is 19.2. The monoisotopic (exact) mass is 370 g/mol. The van der Waals surface area contributed by atoms with Crippen molar-refractivity contribution in [3.63, 3.8) is 0 Å². The molecule has 2 aromatic heterocycles. The minimum absolute atomic E-state index is 0.217. The van der Waals surface area contributed by atoms with Crippen LogP contribution in [0.15, 0.2) is 60.7 Å². The third-order valence-corrected chi connectivity index (χ3v) is 4.82. The molecule has 0 fully saturated rings. The Morgan fingerprint density at radius 1 is 1.11 bits per heavy atom. The summed E-state index contributed by atoms with van der Waals surface area (Å²) in [5.74, 6) is 1.05. The van der Waals surface area contributed by atoms with Crippen LogP contribution in [0.1, 0.15) is 21.6 Å². The molecule has 0 spiro atoms. The van der Waals surface area contributed by atoms with E-state index < -0.39 is 0 Å². The quantitative estimate of drug-likeness (QED) is 0.594. The number of nitrogens with one attached hydrogen (secondary N) is 1. The van der Waals surface area contributed by atoms with Gasteiger partial charge in [0.05, 0.1) is 18.0 Å². The topological polar surface area (TPSA) is 68.5 Å². The van der Waals surface area contributed by atoms with E-state index in [-0.39, 0.29) is 5.91 Å². The van der Waals surface area contributed by atoms with Crippen LogP contribution in [0.25, 0.3) is 16.9 Å². The highest BCUT2D eigenvalue weighted by molar-refractivity contribution is 6.04. The van der Waals surface area contributed by atoms with Gasteiger partial charge in [0.25, 0.3) is 5.91 Å². The number of fused-ring (bicyclic) bond motifs is 2. The lowest BCUT2D eigenvalue weighted by atomic mass is 10.1. The number of aryl methyl sites for hydroxylation is 1. The second-order valence-electron chi connectivity index (χ2n) is 6.82. The first-order valence-electron chi connectivity index (χ1n) is 9.17. The molecule has 1 aliphatic heterocycles. The van der Waals surface area contributed by atoms with Gasteiger partial charge in [0.15, 0.2) is 5.65 Å². The Labute approximate surface area is 161 Å². The molecule has 6 heteroatoms. The van der Waals surface area contributed by atoms with Crippen LogP contribution < -0.4 is 10.1 Å². The number of anilines is 1. The van der Waals surface area contributed by atoms with Crippen molar-refractivity contribution in [3.05, 3.63) is 77.5 Å². The van der Waals surface area contributed by atoms with E-state index in [0.717, 1.165) is 34.7 Å². The number of benzene rings is 2. The van der Waals surface area contributed by atoms with Gasteiger partial charge in [-0.15, -0.1) is 0 Å². The molecule has 0 saturated carbocycles. The molecule has 6 nitrogen and oxygen atoms in total. The molecule has 2 aromatic carbocycles. The van der Waals surface area contributed by atoms with E-state index in [1.165, 1.54) is 0 Å². The van der Waals surface area contributed by atoms with E-state index in [0.29, 0.717) is 23.6 Å². The fourth-order valence-electron chi connectivity index (χ4n) is 3.46. The van der Waals surface area contributed by atoms with Crippen LogP contribution in [0.3, 0.4) is 0 Å². The normalized spacial score (nSPS) is 12.6. The SMILES string of the molecule is Cc1cc2nc(NC(=O)c3ccc4c(c3)OCC4)cc(-c3ccccc3)n2n1. The maximum absolute atomic E-state index is 12.8. The molecular formula is C22H18N4O2. The minimum Gasteiger partial charge on any atom is -0.493 e. The molecule has 0 unspecified atom stereocenters. The van der Waals surface area contributed by atoms with Crippen molar-refractivity contribution in [1.82, 2.24) is 14.6 Å². The predicted octanol–water partition coefficient (Wildman–Crippen LogP) is 3.89. The van der Waals surface area contributed by atoms with Crippen LogP contribution in [0.2, 0.25) is 0 Å². The van der Waals surface area contributed by atoms with Crippen LogP contribution in [0.5, 0.6) is 5.75 Å². The van der Waals surface area contributed by atoms with E-state index in [4.69, 9.17) is 4.74 Å². The first-order valence-corrected chi connectivity index (χ1v) is 9.17.